The molecule has 0 aromatic heterocycles. The van der Waals surface area contributed by atoms with Gasteiger partial charge in [-0.2, -0.15) is 0 Å². The van der Waals surface area contributed by atoms with Crippen LogP contribution in [0.5, 0.6) is 5.75 Å². The highest BCUT2D eigenvalue weighted by atomic mass is 31.1. The summed E-state index contributed by atoms with van der Waals surface area (Å²) < 4.78 is 11.0. The van der Waals surface area contributed by atoms with Crippen molar-refractivity contribution in [3.63, 3.8) is 0 Å². The fraction of sp³-hybridized carbons (Fsp3) is 0.208. The summed E-state index contributed by atoms with van der Waals surface area (Å²) >= 11 is 0. The Morgan fingerprint density at radius 3 is 2.32 bits per heavy atom. The predicted octanol–water partition coefficient (Wildman–Crippen LogP) is 4.38. The number of aryl methyl sites for hydroxylation is 2. The summed E-state index contributed by atoms with van der Waals surface area (Å²) in [5.74, 6) is 0.909. The lowest BCUT2D eigenvalue weighted by molar-refractivity contribution is 0.0514. The highest BCUT2D eigenvalue weighted by Crippen LogP contribution is 2.26. The van der Waals surface area contributed by atoms with Crippen LogP contribution in [0.2, 0.25) is 0 Å². The molecule has 0 N–H and O–H groups in total. The molecule has 0 radical (unpaired) electrons. The van der Waals surface area contributed by atoms with Gasteiger partial charge in [0.1, 0.15) is 5.75 Å². The van der Waals surface area contributed by atoms with Gasteiger partial charge in [0.2, 0.25) is 0 Å². The van der Waals surface area contributed by atoms with E-state index in [-0.39, 0.29) is 6.79 Å². The molecule has 3 nitrogen and oxygen atoms in total. The van der Waals surface area contributed by atoms with E-state index in [2.05, 4.69) is 79.5 Å². The zero-order chi connectivity index (χ0) is 19.9. The van der Waals surface area contributed by atoms with Crippen LogP contribution in [0.15, 0.2) is 71.7 Å². The first-order valence-electron chi connectivity index (χ1n) is 9.26. The lowest BCUT2D eigenvalue weighted by Gasteiger charge is -2.18. The first-order chi connectivity index (χ1) is 13.7. The molecule has 0 amide bonds. The SMILES string of the molecule is C/N=C(\c1ccccc1)c1cccc(C)c1Pc1cccc(C)c1OCOC. The molecule has 3 rings (SSSR count). The maximum Gasteiger partial charge on any atom is 0.188 e. The molecule has 0 fully saturated rings. The van der Waals surface area contributed by atoms with Gasteiger partial charge in [0.15, 0.2) is 6.79 Å². The van der Waals surface area contributed by atoms with Crippen molar-refractivity contribution in [3.05, 3.63) is 89.0 Å². The summed E-state index contributed by atoms with van der Waals surface area (Å²) in [4.78, 5) is 4.63. The van der Waals surface area contributed by atoms with Gasteiger partial charge in [0.25, 0.3) is 0 Å². The van der Waals surface area contributed by atoms with Crippen LogP contribution >= 0.6 is 8.58 Å². The van der Waals surface area contributed by atoms with Gasteiger partial charge in [0.05, 0.1) is 5.71 Å². The summed E-state index contributed by atoms with van der Waals surface area (Å²) in [6, 6.07) is 23.1. The second-order valence-corrected chi connectivity index (χ2v) is 7.85. The molecule has 3 aromatic rings. The highest BCUT2D eigenvalue weighted by Gasteiger charge is 2.16. The molecule has 1 atom stereocenters. The van der Waals surface area contributed by atoms with Crippen LogP contribution in [0.3, 0.4) is 0 Å². The lowest BCUT2D eigenvalue weighted by Crippen LogP contribution is -2.19. The van der Waals surface area contributed by atoms with Crippen LogP contribution in [-0.2, 0) is 4.74 Å². The number of hydrogen-bond acceptors (Lipinski definition) is 3. The molecule has 144 valence electrons. The van der Waals surface area contributed by atoms with Crippen molar-refractivity contribution in [3.8, 4) is 5.75 Å². The summed E-state index contributed by atoms with van der Waals surface area (Å²) in [5, 5.41) is 2.47. The van der Waals surface area contributed by atoms with Gasteiger partial charge in [-0.1, -0.05) is 75.3 Å². The fourth-order valence-corrected chi connectivity index (χ4v) is 4.68. The molecule has 0 heterocycles. The van der Waals surface area contributed by atoms with Crippen LogP contribution in [0.4, 0.5) is 0 Å². The van der Waals surface area contributed by atoms with Crippen molar-refractivity contribution < 1.29 is 9.47 Å². The molecule has 4 heteroatoms. The minimum atomic E-state index is 0.245. The Morgan fingerprint density at radius 1 is 0.893 bits per heavy atom. The van der Waals surface area contributed by atoms with E-state index in [0.29, 0.717) is 8.58 Å². The molecule has 0 aliphatic heterocycles. The Morgan fingerprint density at radius 2 is 1.61 bits per heavy atom. The summed E-state index contributed by atoms with van der Waals surface area (Å²) in [5.41, 5.74) is 5.68. The quantitative estimate of drug-likeness (QED) is 0.340. The zero-order valence-electron chi connectivity index (χ0n) is 16.8. The second-order valence-electron chi connectivity index (χ2n) is 6.56. The Kier molecular flexibility index (Phi) is 6.97. The number of rotatable bonds is 7. The van der Waals surface area contributed by atoms with Crippen LogP contribution in [0, 0.1) is 13.8 Å². The molecule has 3 aromatic carbocycles. The Bertz CT molecular complexity index is 968. The van der Waals surface area contributed by atoms with E-state index < -0.39 is 0 Å². The number of benzene rings is 3. The molecule has 28 heavy (non-hydrogen) atoms. The Hall–Kier alpha value is -2.48. The maximum absolute atomic E-state index is 5.89. The van der Waals surface area contributed by atoms with Crippen LogP contribution in [-0.4, -0.2) is 26.7 Å². The number of nitrogens with zero attached hydrogens (tertiary/aromatic N) is 1. The van der Waals surface area contributed by atoms with Gasteiger partial charge in [-0.15, -0.1) is 0 Å². The molecule has 0 spiro atoms. The normalized spacial score (nSPS) is 11.9. The van der Waals surface area contributed by atoms with Crippen molar-refractivity contribution in [2.24, 2.45) is 4.99 Å². The molecule has 0 aliphatic rings. The van der Waals surface area contributed by atoms with E-state index in [1.807, 2.05) is 13.1 Å². The van der Waals surface area contributed by atoms with E-state index >= 15 is 0 Å². The van der Waals surface area contributed by atoms with Crippen molar-refractivity contribution in [1.82, 2.24) is 0 Å². The largest absolute Gasteiger partial charge is 0.467 e. The van der Waals surface area contributed by atoms with Gasteiger partial charge >= 0.3 is 0 Å². The fourth-order valence-electron chi connectivity index (χ4n) is 3.23. The van der Waals surface area contributed by atoms with Crippen LogP contribution in [0.1, 0.15) is 22.3 Å². The Balaban J connectivity index is 2.06. The molecule has 0 saturated carbocycles. The van der Waals surface area contributed by atoms with E-state index in [1.54, 1.807) is 7.11 Å². The van der Waals surface area contributed by atoms with Crippen molar-refractivity contribution in [2.75, 3.05) is 21.0 Å². The van der Waals surface area contributed by atoms with Crippen molar-refractivity contribution in [2.45, 2.75) is 13.8 Å². The average Bonchev–Trinajstić information content (AvgIpc) is 2.71. The molecule has 0 aliphatic carbocycles. The first kappa shape index (κ1) is 20.3. The monoisotopic (exact) mass is 391 g/mol. The first-order valence-corrected chi connectivity index (χ1v) is 10.3. The van der Waals surface area contributed by atoms with Gasteiger partial charge in [0, 0.05) is 30.6 Å². The van der Waals surface area contributed by atoms with E-state index in [1.165, 1.54) is 21.7 Å². The molecular formula is C24H26NO2P. The van der Waals surface area contributed by atoms with Crippen molar-refractivity contribution in [1.29, 1.82) is 0 Å². The highest BCUT2D eigenvalue weighted by molar-refractivity contribution is 7.56. The van der Waals surface area contributed by atoms with Gasteiger partial charge < -0.3 is 9.47 Å². The topological polar surface area (TPSA) is 30.8 Å². The van der Waals surface area contributed by atoms with Gasteiger partial charge in [-0.3, -0.25) is 4.99 Å². The smallest absolute Gasteiger partial charge is 0.188 e. The zero-order valence-corrected chi connectivity index (χ0v) is 17.8. The summed E-state index contributed by atoms with van der Waals surface area (Å²) in [6.45, 7) is 4.48. The molecular weight excluding hydrogens is 365 g/mol. The van der Waals surface area contributed by atoms with E-state index in [0.717, 1.165) is 22.6 Å². The third-order valence-electron chi connectivity index (χ3n) is 4.59. The molecule has 0 bridgehead atoms. The third kappa shape index (κ3) is 4.49. The minimum Gasteiger partial charge on any atom is -0.467 e. The number of para-hydroxylation sites is 1. The Labute approximate surface area is 169 Å². The van der Waals surface area contributed by atoms with E-state index in [9.17, 15) is 0 Å². The number of aliphatic imine (C=N–C) groups is 1. The van der Waals surface area contributed by atoms with Gasteiger partial charge in [-0.05, 0) is 30.3 Å². The maximum atomic E-state index is 5.89. The number of hydrogen-bond donors (Lipinski definition) is 0. The average molecular weight is 391 g/mol. The minimum absolute atomic E-state index is 0.245. The molecule has 0 saturated heterocycles. The van der Waals surface area contributed by atoms with Gasteiger partial charge in [-0.25, -0.2) is 0 Å². The molecule has 1 unspecified atom stereocenters. The lowest BCUT2D eigenvalue weighted by atomic mass is 10.0. The standard InChI is InChI=1S/C24H26NO2P/c1-17-10-9-15-21(23(17)27-16-26-4)28-24-18(2)11-8-14-20(24)22(25-3)19-12-6-5-7-13-19/h5-15,28H,16H2,1-4H3/b25-22+. The van der Waals surface area contributed by atoms with Crippen LogP contribution in [0.25, 0.3) is 0 Å². The summed E-state index contributed by atoms with van der Waals surface area (Å²) in [6.07, 6.45) is 0. The number of methoxy groups -OCH3 is 1. The predicted molar refractivity (Wildman–Crippen MR) is 120 cm³/mol. The van der Waals surface area contributed by atoms with Crippen molar-refractivity contribution >= 4 is 24.9 Å². The van der Waals surface area contributed by atoms with Crippen LogP contribution < -0.4 is 15.3 Å². The number of ether oxygens (including phenoxy) is 2. The second kappa shape index (κ2) is 9.64. The van der Waals surface area contributed by atoms with E-state index in [4.69, 9.17) is 9.47 Å². The third-order valence-corrected chi connectivity index (χ3v) is 6.17. The summed E-state index contributed by atoms with van der Waals surface area (Å²) in [7, 11) is 3.96.